The van der Waals surface area contributed by atoms with Crippen molar-refractivity contribution in [3.63, 3.8) is 0 Å². The highest BCUT2D eigenvalue weighted by atomic mass is 32.1. The van der Waals surface area contributed by atoms with Gasteiger partial charge in [-0.25, -0.2) is 0 Å². The van der Waals surface area contributed by atoms with Crippen LogP contribution in [0.1, 0.15) is 36.0 Å². The van der Waals surface area contributed by atoms with E-state index < -0.39 is 6.04 Å². The summed E-state index contributed by atoms with van der Waals surface area (Å²) in [6.45, 7) is 7.11. The average Bonchev–Trinajstić information content (AvgIpc) is 3.25. The number of amides is 2. The van der Waals surface area contributed by atoms with E-state index in [1.54, 1.807) is 16.2 Å². The zero-order valence-electron chi connectivity index (χ0n) is 14.2. The van der Waals surface area contributed by atoms with E-state index in [2.05, 4.69) is 10.4 Å². The Morgan fingerprint density at radius 1 is 1.46 bits per heavy atom. The van der Waals surface area contributed by atoms with Crippen molar-refractivity contribution < 1.29 is 9.59 Å². The number of hydrogen-bond acceptors (Lipinski definition) is 4. The third-order valence-electron chi connectivity index (χ3n) is 4.47. The summed E-state index contributed by atoms with van der Waals surface area (Å²) in [5, 5.41) is 9.40. The molecule has 0 bridgehead atoms. The number of likely N-dealkylation sites (tertiary alicyclic amines) is 1. The maximum atomic E-state index is 12.8. The fraction of sp³-hybridized carbons (Fsp3) is 0.471. The first kappa shape index (κ1) is 16.7. The first-order valence-corrected chi connectivity index (χ1v) is 9.06. The number of aromatic nitrogens is 2. The summed E-state index contributed by atoms with van der Waals surface area (Å²) < 4.78 is 1.87. The molecular weight excluding hydrogens is 324 g/mol. The standard InChI is InChI=1S/C17H22N4O2S/c1-4-21-12(3)16(11(2)19-21)18-17(23)14-7-8-15(22)20(14)10-13-6-5-9-24-13/h5-6,9,14H,4,7-8,10H2,1-3H3,(H,18,23)/t14-/m0/s1. The molecule has 1 fully saturated rings. The van der Waals surface area contributed by atoms with E-state index >= 15 is 0 Å². The van der Waals surface area contributed by atoms with Gasteiger partial charge in [-0.05, 0) is 38.6 Å². The molecule has 0 saturated carbocycles. The van der Waals surface area contributed by atoms with Crippen LogP contribution >= 0.6 is 11.3 Å². The Morgan fingerprint density at radius 3 is 2.88 bits per heavy atom. The zero-order valence-corrected chi connectivity index (χ0v) is 15.0. The second-order valence-electron chi connectivity index (χ2n) is 6.01. The Bertz CT molecular complexity index is 751. The van der Waals surface area contributed by atoms with Gasteiger partial charge in [-0.3, -0.25) is 14.3 Å². The van der Waals surface area contributed by atoms with E-state index in [1.807, 2.05) is 43.0 Å². The van der Waals surface area contributed by atoms with E-state index in [0.717, 1.165) is 28.5 Å². The highest BCUT2D eigenvalue weighted by molar-refractivity contribution is 7.09. The molecule has 0 spiro atoms. The molecule has 0 unspecified atom stereocenters. The number of carbonyl (C=O) groups excluding carboxylic acids is 2. The van der Waals surface area contributed by atoms with E-state index in [4.69, 9.17) is 0 Å². The van der Waals surface area contributed by atoms with Crippen molar-refractivity contribution in [2.45, 2.75) is 52.7 Å². The van der Waals surface area contributed by atoms with Crippen molar-refractivity contribution in [2.75, 3.05) is 5.32 Å². The van der Waals surface area contributed by atoms with Crippen LogP contribution in [0.5, 0.6) is 0 Å². The summed E-state index contributed by atoms with van der Waals surface area (Å²) in [5.74, 6) is -0.0829. The molecule has 6 nitrogen and oxygen atoms in total. The lowest BCUT2D eigenvalue weighted by molar-refractivity contribution is -0.133. The van der Waals surface area contributed by atoms with Crippen LogP contribution in [0.25, 0.3) is 0 Å². The second kappa shape index (κ2) is 6.76. The quantitative estimate of drug-likeness (QED) is 0.905. The summed E-state index contributed by atoms with van der Waals surface area (Å²) in [4.78, 5) is 27.7. The van der Waals surface area contributed by atoms with Crippen molar-refractivity contribution in [2.24, 2.45) is 0 Å². The first-order chi connectivity index (χ1) is 11.5. The van der Waals surface area contributed by atoms with Crippen molar-refractivity contribution in [1.82, 2.24) is 14.7 Å². The Morgan fingerprint density at radius 2 is 2.25 bits per heavy atom. The molecular formula is C17H22N4O2S. The monoisotopic (exact) mass is 346 g/mol. The molecule has 7 heteroatoms. The van der Waals surface area contributed by atoms with Gasteiger partial charge in [0.15, 0.2) is 0 Å². The smallest absolute Gasteiger partial charge is 0.247 e. The normalized spacial score (nSPS) is 17.5. The van der Waals surface area contributed by atoms with Gasteiger partial charge >= 0.3 is 0 Å². The van der Waals surface area contributed by atoms with Gasteiger partial charge in [0.25, 0.3) is 0 Å². The maximum Gasteiger partial charge on any atom is 0.247 e. The Hall–Kier alpha value is -2.15. The van der Waals surface area contributed by atoms with Gasteiger partial charge in [0.2, 0.25) is 11.8 Å². The van der Waals surface area contributed by atoms with Crippen molar-refractivity contribution in [3.05, 3.63) is 33.8 Å². The van der Waals surface area contributed by atoms with Gasteiger partial charge in [0.05, 0.1) is 23.6 Å². The van der Waals surface area contributed by atoms with Gasteiger partial charge in [-0.2, -0.15) is 5.10 Å². The SMILES string of the molecule is CCn1nc(C)c(NC(=O)[C@@H]2CCC(=O)N2Cc2cccs2)c1C. The number of carbonyl (C=O) groups is 2. The van der Waals surface area contributed by atoms with E-state index in [1.165, 1.54) is 0 Å². The Balaban J connectivity index is 1.76. The molecule has 0 aliphatic carbocycles. The summed E-state index contributed by atoms with van der Waals surface area (Å²) in [6, 6.07) is 3.54. The Labute approximate surface area is 145 Å². The van der Waals surface area contributed by atoms with Crippen LogP contribution in [0.3, 0.4) is 0 Å². The van der Waals surface area contributed by atoms with Gasteiger partial charge < -0.3 is 10.2 Å². The lowest BCUT2D eigenvalue weighted by Crippen LogP contribution is -2.41. The number of nitrogens with one attached hydrogen (secondary N) is 1. The molecule has 3 heterocycles. The largest absolute Gasteiger partial charge is 0.326 e. The van der Waals surface area contributed by atoms with Gasteiger partial charge in [0, 0.05) is 17.8 Å². The van der Waals surface area contributed by atoms with Crippen molar-refractivity contribution in [1.29, 1.82) is 0 Å². The summed E-state index contributed by atoms with van der Waals surface area (Å²) in [7, 11) is 0. The highest BCUT2D eigenvalue weighted by Gasteiger charge is 2.36. The topological polar surface area (TPSA) is 67.2 Å². The van der Waals surface area contributed by atoms with Gasteiger partial charge in [-0.15, -0.1) is 11.3 Å². The molecule has 2 aromatic rings. The fourth-order valence-electron chi connectivity index (χ4n) is 3.17. The van der Waals surface area contributed by atoms with E-state index in [-0.39, 0.29) is 11.8 Å². The van der Waals surface area contributed by atoms with Gasteiger partial charge in [0.1, 0.15) is 6.04 Å². The third kappa shape index (κ3) is 3.08. The van der Waals surface area contributed by atoms with Crippen LogP contribution in [-0.2, 0) is 22.7 Å². The lowest BCUT2D eigenvalue weighted by atomic mass is 10.2. The van der Waals surface area contributed by atoms with Crippen molar-refractivity contribution in [3.8, 4) is 0 Å². The molecule has 2 amide bonds. The number of thiophene rings is 1. The molecule has 3 rings (SSSR count). The lowest BCUT2D eigenvalue weighted by Gasteiger charge is -2.23. The second-order valence-corrected chi connectivity index (χ2v) is 7.04. The molecule has 24 heavy (non-hydrogen) atoms. The minimum atomic E-state index is -0.414. The molecule has 0 aromatic carbocycles. The summed E-state index contributed by atoms with van der Waals surface area (Å²) in [5.41, 5.74) is 2.51. The minimum absolute atomic E-state index is 0.0428. The molecule has 0 radical (unpaired) electrons. The molecule has 1 aliphatic rings. The summed E-state index contributed by atoms with van der Waals surface area (Å²) >= 11 is 1.60. The number of nitrogens with zero attached hydrogens (tertiary/aromatic N) is 3. The van der Waals surface area contributed by atoms with Crippen LogP contribution in [0, 0.1) is 13.8 Å². The van der Waals surface area contributed by atoms with Crippen LogP contribution < -0.4 is 5.32 Å². The highest BCUT2D eigenvalue weighted by Crippen LogP contribution is 2.26. The number of anilines is 1. The molecule has 128 valence electrons. The van der Waals surface area contributed by atoms with Crippen LogP contribution in [0.2, 0.25) is 0 Å². The molecule has 1 aliphatic heterocycles. The number of aryl methyl sites for hydroxylation is 2. The molecule has 1 atom stereocenters. The predicted octanol–water partition coefficient (Wildman–Crippen LogP) is 2.71. The minimum Gasteiger partial charge on any atom is -0.326 e. The first-order valence-electron chi connectivity index (χ1n) is 8.18. The Kier molecular flexibility index (Phi) is 4.71. The molecule has 1 saturated heterocycles. The zero-order chi connectivity index (χ0) is 17.3. The van der Waals surface area contributed by atoms with Crippen molar-refractivity contribution >= 4 is 28.8 Å². The average molecular weight is 346 g/mol. The third-order valence-corrected chi connectivity index (χ3v) is 5.33. The molecule has 1 N–H and O–H groups in total. The summed E-state index contributed by atoms with van der Waals surface area (Å²) in [6.07, 6.45) is 0.992. The van der Waals surface area contributed by atoms with Crippen LogP contribution in [0.4, 0.5) is 5.69 Å². The number of rotatable bonds is 5. The predicted molar refractivity (Wildman–Crippen MR) is 93.9 cm³/mol. The van der Waals surface area contributed by atoms with Gasteiger partial charge in [-0.1, -0.05) is 6.07 Å². The maximum absolute atomic E-state index is 12.8. The van der Waals surface area contributed by atoms with Crippen LogP contribution in [-0.4, -0.2) is 32.5 Å². The van der Waals surface area contributed by atoms with Crippen LogP contribution in [0.15, 0.2) is 17.5 Å². The fourth-order valence-corrected chi connectivity index (χ4v) is 3.87. The van der Waals surface area contributed by atoms with E-state index in [9.17, 15) is 9.59 Å². The van der Waals surface area contributed by atoms with E-state index in [0.29, 0.717) is 19.4 Å². The number of hydrogen-bond donors (Lipinski definition) is 1. The molecule has 2 aromatic heterocycles.